The average Bonchev–Trinajstić information content (AvgIpc) is 2.87. The van der Waals surface area contributed by atoms with E-state index < -0.39 is 28.5 Å². The van der Waals surface area contributed by atoms with Crippen LogP contribution in [0.2, 0.25) is 5.02 Å². The highest BCUT2D eigenvalue weighted by atomic mass is 35.5. The standard InChI is InChI=1S/C28H32ClN3O4S/c1-5-30-28(34)22(4)31(18-23-12-10-20(2)11-13-23)27(33)19-32(26-9-7-6-8-21(26)3)37(35,36)25-16-14-24(29)15-17-25/h6-17,22H,5,18-19H2,1-4H3,(H,30,34)/t22-/m0/s1. The minimum atomic E-state index is -4.13. The van der Waals surface area contributed by atoms with E-state index in [9.17, 15) is 18.0 Å². The first kappa shape index (κ1) is 28.2. The number of hydrogen-bond acceptors (Lipinski definition) is 4. The van der Waals surface area contributed by atoms with Crippen LogP contribution in [-0.2, 0) is 26.2 Å². The number of aryl methyl sites for hydroxylation is 2. The summed E-state index contributed by atoms with van der Waals surface area (Å²) in [6.45, 7) is 7.27. The van der Waals surface area contributed by atoms with Gasteiger partial charge >= 0.3 is 0 Å². The third kappa shape index (κ3) is 6.90. The molecule has 0 bridgehead atoms. The normalized spacial score (nSPS) is 12.0. The molecule has 3 aromatic rings. The van der Waals surface area contributed by atoms with Gasteiger partial charge in [-0.3, -0.25) is 13.9 Å². The number of rotatable bonds is 10. The van der Waals surface area contributed by atoms with Crippen molar-refractivity contribution < 1.29 is 18.0 Å². The summed E-state index contributed by atoms with van der Waals surface area (Å²) >= 11 is 5.98. The van der Waals surface area contributed by atoms with Crippen molar-refractivity contribution in [3.05, 3.63) is 94.5 Å². The molecule has 0 aromatic heterocycles. The Labute approximate surface area is 224 Å². The first-order valence-electron chi connectivity index (χ1n) is 12.0. The van der Waals surface area contributed by atoms with Crippen molar-refractivity contribution in [2.24, 2.45) is 0 Å². The monoisotopic (exact) mass is 541 g/mol. The van der Waals surface area contributed by atoms with Crippen LogP contribution >= 0.6 is 11.6 Å². The number of likely N-dealkylation sites (N-methyl/N-ethyl adjacent to an activating group) is 1. The van der Waals surface area contributed by atoms with Crippen LogP contribution in [-0.4, -0.2) is 44.3 Å². The summed E-state index contributed by atoms with van der Waals surface area (Å²) in [5, 5.41) is 3.15. The molecular formula is C28H32ClN3O4S. The second-order valence-electron chi connectivity index (χ2n) is 8.83. The highest BCUT2D eigenvalue weighted by molar-refractivity contribution is 7.92. The summed E-state index contributed by atoms with van der Waals surface area (Å²) in [7, 11) is -4.13. The molecule has 37 heavy (non-hydrogen) atoms. The number of carbonyl (C=O) groups is 2. The number of hydrogen-bond donors (Lipinski definition) is 1. The third-order valence-electron chi connectivity index (χ3n) is 6.06. The van der Waals surface area contributed by atoms with Gasteiger partial charge in [-0.2, -0.15) is 0 Å². The van der Waals surface area contributed by atoms with Crippen LogP contribution in [0.4, 0.5) is 5.69 Å². The summed E-state index contributed by atoms with van der Waals surface area (Å²) in [4.78, 5) is 28.0. The fraction of sp³-hybridized carbons (Fsp3) is 0.286. The van der Waals surface area contributed by atoms with E-state index in [1.165, 1.54) is 29.2 Å². The van der Waals surface area contributed by atoms with E-state index >= 15 is 0 Å². The number of para-hydroxylation sites is 1. The van der Waals surface area contributed by atoms with Gasteiger partial charge < -0.3 is 10.2 Å². The summed E-state index contributed by atoms with van der Waals surface area (Å²) in [6, 6.07) is 19.6. The predicted molar refractivity (Wildman–Crippen MR) is 147 cm³/mol. The molecule has 0 aliphatic carbocycles. The van der Waals surface area contributed by atoms with Crippen molar-refractivity contribution >= 4 is 39.1 Å². The first-order valence-corrected chi connectivity index (χ1v) is 13.8. The number of nitrogens with zero attached hydrogens (tertiary/aromatic N) is 2. The van der Waals surface area contributed by atoms with Gasteiger partial charge in [0.05, 0.1) is 10.6 Å². The second-order valence-corrected chi connectivity index (χ2v) is 11.1. The lowest BCUT2D eigenvalue weighted by Crippen LogP contribution is -2.51. The van der Waals surface area contributed by atoms with Crippen LogP contribution in [0.25, 0.3) is 0 Å². The molecular weight excluding hydrogens is 510 g/mol. The predicted octanol–water partition coefficient (Wildman–Crippen LogP) is 4.71. The number of halogens is 1. The number of carbonyl (C=O) groups excluding carboxylic acids is 2. The Hall–Kier alpha value is -3.36. The molecule has 3 aromatic carbocycles. The van der Waals surface area contributed by atoms with Crippen molar-refractivity contribution in [1.82, 2.24) is 10.2 Å². The maximum absolute atomic E-state index is 13.8. The van der Waals surface area contributed by atoms with E-state index in [2.05, 4.69) is 5.32 Å². The molecule has 0 aliphatic rings. The van der Waals surface area contributed by atoms with Gasteiger partial charge in [0.15, 0.2) is 0 Å². The van der Waals surface area contributed by atoms with Gasteiger partial charge in [0.1, 0.15) is 12.6 Å². The average molecular weight is 542 g/mol. The molecule has 0 unspecified atom stereocenters. The lowest BCUT2D eigenvalue weighted by molar-refractivity contribution is -0.139. The van der Waals surface area contributed by atoms with Gasteiger partial charge in [0.25, 0.3) is 10.0 Å². The van der Waals surface area contributed by atoms with E-state index in [0.29, 0.717) is 22.8 Å². The molecule has 0 fully saturated rings. The van der Waals surface area contributed by atoms with E-state index in [-0.39, 0.29) is 17.3 Å². The zero-order valence-corrected chi connectivity index (χ0v) is 23.0. The molecule has 0 saturated carbocycles. The Morgan fingerprint density at radius 3 is 2.16 bits per heavy atom. The second kappa shape index (κ2) is 12.3. The highest BCUT2D eigenvalue weighted by Gasteiger charge is 2.33. The Morgan fingerprint density at radius 2 is 1.57 bits per heavy atom. The van der Waals surface area contributed by atoms with Crippen molar-refractivity contribution in [1.29, 1.82) is 0 Å². The van der Waals surface area contributed by atoms with Gasteiger partial charge in [-0.1, -0.05) is 59.6 Å². The van der Waals surface area contributed by atoms with E-state index in [1.807, 2.05) is 31.2 Å². The number of benzene rings is 3. The van der Waals surface area contributed by atoms with Crippen molar-refractivity contribution in [2.75, 3.05) is 17.4 Å². The fourth-order valence-electron chi connectivity index (χ4n) is 3.89. The molecule has 2 amide bonds. The minimum absolute atomic E-state index is 0.00909. The van der Waals surface area contributed by atoms with Crippen LogP contribution in [0.1, 0.15) is 30.5 Å². The van der Waals surface area contributed by atoms with Gasteiger partial charge in [-0.15, -0.1) is 0 Å². The van der Waals surface area contributed by atoms with Crippen LogP contribution in [0.15, 0.2) is 77.7 Å². The van der Waals surface area contributed by atoms with Crippen LogP contribution in [0.5, 0.6) is 0 Å². The summed E-state index contributed by atoms with van der Waals surface area (Å²) in [5.41, 5.74) is 2.97. The van der Waals surface area contributed by atoms with E-state index in [4.69, 9.17) is 11.6 Å². The molecule has 0 saturated heterocycles. The number of amides is 2. The van der Waals surface area contributed by atoms with Gasteiger partial charge in [0.2, 0.25) is 11.8 Å². The lowest BCUT2D eigenvalue weighted by Gasteiger charge is -2.32. The molecule has 7 nitrogen and oxygen atoms in total. The van der Waals surface area contributed by atoms with E-state index in [1.54, 1.807) is 45.0 Å². The third-order valence-corrected chi connectivity index (χ3v) is 8.08. The molecule has 196 valence electrons. The Kier molecular flexibility index (Phi) is 9.34. The molecule has 0 aliphatic heterocycles. The van der Waals surface area contributed by atoms with Gasteiger partial charge in [-0.05, 0) is 69.2 Å². The van der Waals surface area contributed by atoms with Crippen molar-refractivity contribution in [3.63, 3.8) is 0 Å². The number of nitrogens with one attached hydrogen (secondary N) is 1. The zero-order chi connectivity index (χ0) is 27.2. The van der Waals surface area contributed by atoms with Crippen molar-refractivity contribution in [3.8, 4) is 0 Å². The Balaban J connectivity index is 2.03. The van der Waals surface area contributed by atoms with Crippen LogP contribution in [0, 0.1) is 13.8 Å². The summed E-state index contributed by atoms with van der Waals surface area (Å²) in [6.07, 6.45) is 0. The molecule has 0 radical (unpaired) electrons. The van der Waals surface area contributed by atoms with Gasteiger partial charge in [0, 0.05) is 18.1 Å². The first-order chi connectivity index (χ1) is 17.5. The number of anilines is 1. The summed E-state index contributed by atoms with van der Waals surface area (Å²) in [5.74, 6) is -0.814. The molecule has 1 atom stereocenters. The largest absolute Gasteiger partial charge is 0.355 e. The highest BCUT2D eigenvalue weighted by Crippen LogP contribution is 2.28. The smallest absolute Gasteiger partial charge is 0.264 e. The molecule has 0 spiro atoms. The van der Waals surface area contributed by atoms with Crippen molar-refractivity contribution in [2.45, 2.75) is 45.2 Å². The topological polar surface area (TPSA) is 86.8 Å². The maximum Gasteiger partial charge on any atom is 0.264 e. The molecule has 1 N–H and O–H groups in total. The zero-order valence-electron chi connectivity index (χ0n) is 21.4. The van der Waals surface area contributed by atoms with Gasteiger partial charge in [-0.25, -0.2) is 8.42 Å². The Bertz CT molecular complexity index is 1340. The van der Waals surface area contributed by atoms with Crippen LogP contribution < -0.4 is 9.62 Å². The Morgan fingerprint density at radius 1 is 0.946 bits per heavy atom. The fourth-order valence-corrected chi connectivity index (χ4v) is 5.49. The SMILES string of the molecule is CCNC(=O)[C@H](C)N(Cc1ccc(C)cc1)C(=O)CN(c1ccccc1C)S(=O)(=O)c1ccc(Cl)cc1. The lowest BCUT2D eigenvalue weighted by atomic mass is 10.1. The van der Waals surface area contributed by atoms with Crippen LogP contribution in [0.3, 0.4) is 0 Å². The van der Waals surface area contributed by atoms with E-state index in [0.717, 1.165) is 15.4 Å². The molecule has 0 heterocycles. The molecule has 3 rings (SSSR count). The minimum Gasteiger partial charge on any atom is -0.355 e. The number of sulfonamides is 1. The summed E-state index contributed by atoms with van der Waals surface area (Å²) < 4.78 is 28.7. The molecule has 9 heteroatoms. The maximum atomic E-state index is 13.8. The quantitative estimate of drug-likeness (QED) is 0.403.